The molecule has 0 saturated heterocycles. The molecule has 11 heteroatoms. The molecule has 174 valence electrons. The van der Waals surface area contributed by atoms with Gasteiger partial charge in [0.25, 0.3) is 0 Å². The Kier molecular flexibility index (Phi) is 6.49. The predicted molar refractivity (Wildman–Crippen MR) is 123 cm³/mol. The summed E-state index contributed by atoms with van der Waals surface area (Å²) < 4.78 is 39.1. The molecule has 0 spiro atoms. The minimum absolute atomic E-state index is 0.0852. The molecule has 4 aromatic rings. The molecule has 0 bridgehead atoms. The number of rotatable bonds is 7. The third-order valence-electron chi connectivity index (χ3n) is 4.78. The summed E-state index contributed by atoms with van der Waals surface area (Å²) in [5, 5.41) is 13.7. The Bertz CT molecular complexity index is 1400. The Balaban J connectivity index is 1.73. The number of ketones is 1. The lowest BCUT2D eigenvalue weighted by molar-refractivity contribution is -0.140. The van der Waals surface area contributed by atoms with Crippen LogP contribution in [0.25, 0.3) is 20.8 Å². The third kappa shape index (κ3) is 5.15. The summed E-state index contributed by atoms with van der Waals surface area (Å²) in [5.41, 5.74) is 0.0520. The van der Waals surface area contributed by atoms with Crippen LogP contribution in [0.15, 0.2) is 53.9 Å². The number of carboxylic acid groups (broad SMARTS) is 1. The van der Waals surface area contributed by atoms with Crippen molar-refractivity contribution in [1.82, 2.24) is 4.98 Å². The van der Waals surface area contributed by atoms with E-state index < -0.39 is 35.8 Å². The van der Waals surface area contributed by atoms with Crippen molar-refractivity contribution in [2.75, 3.05) is 5.32 Å². The first kappa shape index (κ1) is 23.6. The third-order valence-corrected chi connectivity index (χ3v) is 6.81. The standard InChI is InChI=1S/C23H15F3N2O4S2/c24-23(25,26)13-4-1-3-12(9-13)10-16(29)21-20(28-18(30)11-19(31)32)14-6-7-15(27-22(14)34-21)17-5-2-8-33-17/h1-9H,10-11H2,(H,28,30)(H,31,32). The van der Waals surface area contributed by atoms with Crippen molar-refractivity contribution in [2.45, 2.75) is 19.0 Å². The quantitative estimate of drug-likeness (QED) is 0.242. The highest BCUT2D eigenvalue weighted by molar-refractivity contribution is 7.21. The Morgan fingerprint density at radius 1 is 1.06 bits per heavy atom. The van der Waals surface area contributed by atoms with Crippen LogP contribution in [0, 0.1) is 0 Å². The van der Waals surface area contributed by atoms with Gasteiger partial charge in [-0.3, -0.25) is 14.4 Å². The molecule has 0 radical (unpaired) electrons. The van der Waals surface area contributed by atoms with E-state index in [0.717, 1.165) is 28.3 Å². The number of carboxylic acids is 1. The zero-order valence-corrected chi connectivity index (χ0v) is 18.8. The lowest BCUT2D eigenvalue weighted by Crippen LogP contribution is -2.17. The van der Waals surface area contributed by atoms with Gasteiger partial charge in [0.15, 0.2) is 5.78 Å². The van der Waals surface area contributed by atoms with E-state index in [4.69, 9.17) is 5.11 Å². The number of nitrogens with zero attached hydrogens (tertiary/aromatic N) is 1. The van der Waals surface area contributed by atoms with Gasteiger partial charge in [0, 0.05) is 11.8 Å². The highest BCUT2D eigenvalue weighted by atomic mass is 32.1. The fourth-order valence-corrected chi connectivity index (χ4v) is 5.07. The summed E-state index contributed by atoms with van der Waals surface area (Å²) in [6, 6.07) is 11.6. The van der Waals surface area contributed by atoms with Crippen LogP contribution in [0.2, 0.25) is 0 Å². The Hall–Kier alpha value is -3.57. The van der Waals surface area contributed by atoms with E-state index in [2.05, 4.69) is 10.3 Å². The predicted octanol–water partition coefficient (Wildman–Crippen LogP) is 5.88. The highest BCUT2D eigenvalue weighted by Crippen LogP contribution is 2.38. The number of benzene rings is 1. The van der Waals surface area contributed by atoms with E-state index in [9.17, 15) is 27.6 Å². The summed E-state index contributed by atoms with van der Waals surface area (Å²) in [6.45, 7) is 0. The zero-order chi connectivity index (χ0) is 24.5. The van der Waals surface area contributed by atoms with Gasteiger partial charge in [-0.2, -0.15) is 13.2 Å². The van der Waals surface area contributed by atoms with Crippen LogP contribution in [0.4, 0.5) is 18.9 Å². The van der Waals surface area contributed by atoms with E-state index in [1.807, 2.05) is 17.5 Å². The SMILES string of the molecule is O=C(O)CC(=O)Nc1c(C(=O)Cc2cccc(C(F)(F)F)c2)sc2nc(-c3cccs3)ccc12. The van der Waals surface area contributed by atoms with Gasteiger partial charge < -0.3 is 10.4 Å². The molecule has 0 atom stereocenters. The highest BCUT2D eigenvalue weighted by Gasteiger charge is 2.31. The summed E-state index contributed by atoms with van der Waals surface area (Å²) in [6.07, 6.45) is -5.69. The number of anilines is 1. The molecule has 0 aliphatic heterocycles. The largest absolute Gasteiger partial charge is 0.481 e. The molecule has 1 aromatic carbocycles. The maximum atomic E-state index is 13.1. The summed E-state index contributed by atoms with van der Waals surface area (Å²) >= 11 is 2.47. The number of amides is 1. The molecule has 0 fully saturated rings. The first-order valence-electron chi connectivity index (χ1n) is 9.80. The topological polar surface area (TPSA) is 96.4 Å². The van der Waals surface area contributed by atoms with Gasteiger partial charge in [0.2, 0.25) is 5.91 Å². The van der Waals surface area contributed by atoms with Gasteiger partial charge in [0.05, 0.1) is 26.7 Å². The lowest BCUT2D eigenvalue weighted by Gasteiger charge is -2.09. The monoisotopic (exact) mass is 504 g/mol. The van der Waals surface area contributed by atoms with E-state index in [0.29, 0.717) is 15.9 Å². The lowest BCUT2D eigenvalue weighted by atomic mass is 10.0. The van der Waals surface area contributed by atoms with Crippen LogP contribution in [0.1, 0.15) is 27.2 Å². The number of aromatic nitrogens is 1. The second-order valence-electron chi connectivity index (χ2n) is 7.25. The summed E-state index contributed by atoms with van der Waals surface area (Å²) in [7, 11) is 0. The Morgan fingerprint density at radius 2 is 1.85 bits per heavy atom. The number of carbonyl (C=O) groups is 3. The normalized spacial score (nSPS) is 11.5. The second-order valence-corrected chi connectivity index (χ2v) is 9.20. The van der Waals surface area contributed by atoms with Gasteiger partial charge in [-0.1, -0.05) is 24.3 Å². The van der Waals surface area contributed by atoms with Crippen molar-refractivity contribution >= 4 is 56.2 Å². The van der Waals surface area contributed by atoms with Crippen molar-refractivity contribution in [3.8, 4) is 10.6 Å². The maximum Gasteiger partial charge on any atom is 0.416 e. The number of fused-ring (bicyclic) bond motifs is 1. The number of nitrogens with one attached hydrogen (secondary N) is 1. The number of carbonyl (C=O) groups excluding carboxylic acids is 2. The molecule has 0 saturated carbocycles. The summed E-state index contributed by atoms with van der Waals surface area (Å²) in [5.74, 6) is -2.69. The number of aliphatic carboxylic acids is 1. The molecule has 4 rings (SSSR count). The molecule has 0 unspecified atom stereocenters. The summed E-state index contributed by atoms with van der Waals surface area (Å²) in [4.78, 5) is 42.2. The van der Waals surface area contributed by atoms with Crippen molar-refractivity contribution in [1.29, 1.82) is 0 Å². The average Bonchev–Trinajstić information content (AvgIpc) is 3.41. The maximum absolute atomic E-state index is 13.1. The van der Waals surface area contributed by atoms with Crippen LogP contribution in [0.3, 0.4) is 0 Å². The number of hydrogen-bond donors (Lipinski definition) is 2. The van der Waals surface area contributed by atoms with Gasteiger partial charge >= 0.3 is 12.1 Å². The van der Waals surface area contributed by atoms with Crippen LogP contribution in [-0.2, 0) is 22.2 Å². The molecule has 2 N–H and O–H groups in total. The average molecular weight is 505 g/mol. The molecule has 3 heterocycles. The van der Waals surface area contributed by atoms with Crippen molar-refractivity contribution in [3.05, 3.63) is 69.9 Å². The first-order valence-corrected chi connectivity index (χ1v) is 11.5. The van der Waals surface area contributed by atoms with E-state index in [-0.39, 0.29) is 22.5 Å². The van der Waals surface area contributed by atoms with Crippen molar-refractivity contribution in [3.63, 3.8) is 0 Å². The molecule has 34 heavy (non-hydrogen) atoms. The fourth-order valence-electron chi connectivity index (χ4n) is 3.30. The number of halogens is 3. The molecule has 6 nitrogen and oxygen atoms in total. The van der Waals surface area contributed by atoms with Gasteiger partial charge in [0.1, 0.15) is 11.3 Å². The van der Waals surface area contributed by atoms with Crippen LogP contribution < -0.4 is 5.32 Å². The van der Waals surface area contributed by atoms with Gasteiger partial charge in [-0.25, -0.2) is 4.98 Å². The second kappa shape index (κ2) is 9.35. The van der Waals surface area contributed by atoms with Crippen molar-refractivity contribution < 1.29 is 32.7 Å². The number of hydrogen-bond acceptors (Lipinski definition) is 6. The van der Waals surface area contributed by atoms with E-state index in [1.165, 1.54) is 23.5 Å². The van der Waals surface area contributed by atoms with E-state index >= 15 is 0 Å². The molecule has 3 aromatic heterocycles. The van der Waals surface area contributed by atoms with Crippen LogP contribution >= 0.6 is 22.7 Å². The smallest absolute Gasteiger partial charge is 0.416 e. The molecule has 1 amide bonds. The minimum Gasteiger partial charge on any atom is -0.481 e. The molecule has 0 aliphatic carbocycles. The number of thiophene rings is 2. The Morgan fingerprint density at radius 3 is 2.53 bits per heavy atom. The van der Waals surface area contributed by atoms with Crippen molar-refractivity contribution in [2.24, 2.45) is 0 Å². The molecular formula is C23H15F3N2O4S2. The molecule has 0 aliphatic rings. The number of alkyl halides is 3. The molecular weight excluding hydrogens is 489 g/mol. The number of Topliss-reactive ketones (excluding diaryl/α,β-unsaturated/α-hetero) is 1. The van der Waals surface area contributed by atoms with E-state index in [1.54, 1.807) is 12.1 Å². The van der Waals surface area contributed by atoms with Crippen LogP contribution in [0.5, 0.6) is 0 Å². The number of pyridine rings is 1. The zero-order valence-electron chi connectivity index (χ0n) is 17.2. The minimum atomic E-state index is -4.55. The first-order chi connectivity index (χ1) is 16.1. The van der Waals surface area contributed by atoms with Gasteiger partial charge in [-0.15, -0.1) is 22.7 Å². The van der Waals surface area contributed by atoms with Crippen LogP contribution in [-0.4, -0.2) is 27.8 Å². The Labute approximate surface area is 198 Å². The van der Waals surface area contributed by atoms with Gasteiger partial charge in [-0.05, 0) is 35.2 Å². The fraction of sp³-hybridized carbons (Fsp3) is 0.130.